The monoisotopic (exact) mass is 527 g/mol. The molecule has 2 N–H and O–H groups in total. The maximum atomic E-state index is 4.53. The minimum Gasteiger partial charge on any atom is -0.356 e. The number of nitrogens with zero attached hydrogens (tertiary/aromatic N) is 3. The van der Waals surface area contributed by atoms with Gasteiger partial charge >= 0.3 is 0 Å². The second kappa shape index (κ2) is 12.5. The molecule has 7 heteroatoms. The number of aromatic nitrogens is 1. The predicted molar refractivity (Wildman–Crippen MR) is 134 cm³/mol. The van der Waals surface area contributed by atoms with E-state index in [0.29, 0.717) is 12.1 Å². The summed E-state index contributed by atoms with van der Waals surface area (Å²) in [6.07, 6.45) is 4.50. The van der Waals surface area contributed by atoms with E-state index >= 15 is 0 Å². The summed E-state index contributed by atoms with van der Waals surface area (Å²) in [5.74, 6) is 0.920. The van der Waals surface area contributed by atoms with Gasteiger partial charge in [0.15, 0.2) is 5.96 Å². The Kier molecular flexibility index (Phi) is 10.4. The molecule has 1 fully saturated rings. The number of likely N-dealkylation sites (tertiary alicyclic amines) is 1. The van der Waals surface area contributed by atoms with Crippen LogP contribution in [0, 0.1) is 6.92 Å². The predicted octanol–water partition coefficient (Wildman–Crippen LogP) is 4.22. The van der Waals surface area contributed by atoms with Gasteiger partial charge < -0.3 is 10.6 Å². The van der Waals surface area contributed by atoms with E-state index in [2.05, 4.69) is 75.1 Å². The summed E-state index contributed by atoms with van der Waals surface area (Å²) in [5.41, 5.74) is 2.52. The molecular formula is C22H34IN5S. The molecule has 1 saturated heterocycles. The standard InChI is InChI=1S/C22H33N5S.HI/c1-17-16-28-21(25-17)11-7-8-12-24-22(23-3)26-20-13-18(2)27(15-20)14-19-9-5-4-6-10-19;/h4-6,9-10,16,18,20H,7-8,11-15H2,1-3H3,(H2,23,24,26);1H. The Morgan fingerprint density at radius 3 is 2.76 bits per heavy atom. The van der Waals surface area contributed by atoms with Gasteiger partial charge in [0.2, 0.25) is 0 Å². The number of hydrogen-bond acceptors (Lipinski definition) is 4. The first kappa shape index (κ1) is 24.1. The first-order chi connectivity index (χ1) is 13.6. The average molecular weight is 528 g/mol. The second-order valence-corrected chi connectivity index (χ2v) is 8.62. The Morgan fingerprint density at radius 2 is 2.07 bits per heavy atom. The Bertz CT molecular complexity index is 749. The highest BCUT2D eigenvalue weighted by Crippen LogP contribution is 2.20. The van der Waals surface area contributed by atoms with Crippen molar-refractivity contribution in [3.8, 4) is 0 Å². The van der Waals surface area contributed by atoms with E-state index in [-0.39, 0.29) is 24.0 Å². The van der Waals surface area contributed by atoms with Gasteiger partial charge in [0.25, 0.3) is 0 Å². The molecule has 1 aromatic heterocycles. The Hall–Kier alpha value is -1.19. The van der Waals surface area contributed by atoms with Crippen LogP contribution in [0.2, 0.25) is 0 Å². The van der Waals surface area contributed by atoms with Crippen LogP contribution in [-0.4, -0.2) is 48.1 Å². The van der Waals surface area contributed by atoms with E-state index in [1.807, 2.05) is 7.05 Å². The van der Waals surface area contributed by atoms with Crippen LogP contribution < -0.4 is 10.6 Å². The summed E-state index contributed by atoms with van der Waals surface area (Å²) < 4.78 is 0. The fourth-order valence-corrected chi connectivity index (χ4v) is 4.57. The number of hydrogen-bond donors (Lipinski definition) is 2. The number of nitrogens with one attached hydrogen (secondary N) is 2. The van der Waals surface area contributed by atoms with Crippen LogP contribution in [0.4, 0.5) is 0 Å². The molecule has 29 heavy (non-hydrogen) atoms. The summed E-state index contributed by atoms with van der Waals surface area (Å²) >= 11 is 1.77. The molecule has 0 radical (unpaired) electrons. The lowest BCUT2D eigenvalue weighted by Crippen LogP contribution is -2.44. The molecule has 0 saturated carbocycles. The molecule has 2 atom stereocenters. The van der Waals surface area contributed by atoms with Gasteiger partial charge in [-0.05, 0) is 45.1 Å². The third-order valence-electron chi connectivity index (χ3n) is 5.27. The summed E-state index contributed by atoms with van der Waals surface area (Å²) in [5, 5.41) is 10.5. The first-order valence-electron chi connectivity index (χ1n) is 10.3. The van der Waals surface area contributed by atoms with Crippen LogP contribution in [0.5, 0.6) is 0 Å². The van der Waals surface area contributed by atoms with Gasteiger partial charge in [-0.3, -0.25) is 9.89 Å². The molecule has 0 spiro atoms. The lowest BCUT2D eigenvalue weighted by molar-refractivity contribution is 0.258. The van der Waals surface area contributed by atoms with Gasteiger partial charge in [0.05, 0.1) is 5.01 Å². The maximum absolute atomic E-state index is 4.53. The molecule has 1 aromatic carbocycles. The number of halogens is 1. The molecule has 0 bridgehead atoms. The Balaban J connectivity index is 0.00000300. The normalized spacial score (nSPS) is 19.8. The van der Waals surface area contributed by atoms with Crippen LogP contribution in [0.15, 0.2) is 40.7 Å². The molecule has 1 aliphatic rings. The van der Waals surface area contributed by atoms with Gasteiger partial charge in [0.1, 0.15) is 0 Å². The van der Waals surface area contributed by atoms with Crippen molar-refractivity contribution in [2.45, 2.75) is 58.2 Å². The molecule has 3 rings (SSSR count). The van der Waals surface area contributed by atoms with Crippen molar-refractivity contribution >= 4 is 41.3 Å². The first-order valence-corrected chi connectivity index (χ1v) is 11.2. The third-order valence-corrected chi connectivity index (χ3v) is 6.30. The minimum atomic E-state index is 0. The second-order valence-electron chi connectivity index (χ2n) is 7.68. The number of aliphatic imine (C=N–C) groups is 1. The van der Waals surface area contributed by atoms with E-state index in [4.69, 9.17) is 0 Å². The molecule has 2 aromatic rings. The van der Waals surface area contributed by atoms with E-state index in [0.717, 1.165) is 57.0 Å². The lowest BCUT2D eigenvalue weighted by atomic mass is 10.2. The summed E-state index contributed by atoms with van der Waals surface area (Å²) in [4.78, 5) is 11.5. The molecular weight excluding hydrogens is 493 g/mol. The largest absolute Gasteiger partial charge is 0.356 e. The molecule has 160 valence electrons. The van der Waals surface area contributed by atoms with E-state index in [9.17, 15) is 0 Å². The molecule has 5 nitrogen and oxygen atoms in total. The van der Waals surface area contributed by atoms with E-state index in [1.54, 1.807) is 11.3 Å². The van der Waals surface area contributed by atoms with E-state index in [1.165, 1.54) is 10.6 Å². The Morgan fingerprint density at radius 1 is 1.28 bits per heavy atom. The van der Waals surface area contributed by atoms with E-state index < -0.39 is 0 Å². The van der Waals surface area contributed by atoms with Crippen LogP contribution in [-0.2, 0) is 13.0 Å². The fourth-order valence-electron chi connectivity index (χ4n) is 3.75. The van der Waals surface area contributed by atoms with Gasteiger partial charge in [-0.25, -0.2) is 4.98 Å². The molecule has 2 unspecified atom stereocenters. The van der Waals surface area contributed by atoms with Gasteiger partial charge in [-0.2, -0.15) is 0 Å². The number of aryl methyl sites for hydroxylation is 2. The van der Waals surface area contributed by atoms with Crippen molar-refractivity contribution in [1.29, 1.82) is 0 Å². The number of unbranched alkanes of at least 4 members (excludes halogenated alkanes) is 1. The van der Waals surface area contributed by atoms with Gasteiger partial charge in [-0.15, -0.1) is 35.3 Å². The molecule has 0 aliphatic carbocycles. The average Bonchev–Trinajstić information content (AvgIpc) is 3.26. The highest BCUT2D eigenvalue weighted by molar-refractivity contribution is 14.0. The van der Waals surface area contributed by atoms with Gasteiger partial charge in [-0.1, -0.05) is 30.3 Å². The van der Waals surface area contributed by atoms with Crippen molar-refractivity contribution in [3.05, 3.63) is 52.0 Å². The van der Waals surface area contributed by atoms with Crippen molar-refractivity contribution in [2.24, 2.45) is 4.99 Å². The van der Waals surface area contributed by atoms with Crippen LogP contribution in [0.1, 0.15) is 42.5 Å². The van der Waals surface area contributed by atoms with Crippen molar-refractivity contribution in [3.63, 3.8) is 0 Å². The Labute approximate surface area is 196 Å². The lowest BCUT2D eigenvalue weighted by Gasteiger charge is -2.21. The smallest absolute Gasteiger partial charge is 0.191 e. The summed E-state index contributed by atoms with van der Waals surface area (Å²) in [7, 11) is 1.85. The highest BCUT2D eigenvalue weighted by Gasteiger charge is 2.29. The molecule has 1 aliphatic heterocycles. The number of rotatable bonds is 8. The zero-order valence-electron chi connectivity index (χ0n) is 17.7. The number of benzene rings is 1. The maximum Gasteiger partial charge on any atom is 0.191 e. The minimum absolute atomic E-state index is 0. The zero-order chi connectivity index (χ0) is 19.8. The number of thiazole rings is 1. The number of guanidine groups is 1. The molecule has 0 amide bonds. The third kappa shape index (κ3) is 7.86. The SMILES string of the molecule is CN=C(NCCCCc1nc(C)cs1)NC1CC(C)N(Cc2ccccc2)C1.I. The fraction of sp³-hybridized carbons (Fsp3) is 0.545. The highest BCUT2D eigenvalue weighted by atomic mass is 127. The summed E-state index contributed by atoms with van der Waals surface area (Å²) in [6.45, 7) is 7.39. The van der Waals surface area contributed by atoms with Crippen LogP contribution in [0.25, 0.3) is 0 Å². The quantitative estimate of drug-likeness (QED) is 0.234. The van der Waals surface area contributed by atoms with Crippen LogP contribution in [0.3, 0.4) is 0 Å². The van der Waals surface area contributed by atoms with Crippen molar-refractivity contribution < 1.29 is 0 Å². The van der Waals surface area contributed by atoms with Crippen molar-refractivity contribution in [2.75, 3.05) is 20.1 Å². The molecule has 2 heterocycles. The van der Waals surface area contributed by atoms with Crippen LogP contribution >= 0.6 is 35.3 Å². The van der Waals surface area contributed by atoms with Gasteiger partial charge in [0, 0.05) is 49.8 Å². The van der Waals surface area contributed by atoms with Crippen molar-refractivity contribution in [1.82, 2.24) is 20.5 Å². The zero-order valence-corrected chi connectivity index (χ0v) is 20.9. The summed E-state index contributed by atoms with van der Waals surface area (Å²) in [6, 6.07) is 11.8. The topological polar surface area (TPSA) is 52.6 Å².